The minimum absolute atomic E-state index is 0.219. The summed E-state index contributed by atoms with van der Waals surface area (Å²) in [4.78, 5) is 35.0. The Morgan fingerprint density at radius 3 is 2.35 bits per heavy atom. The van der Waals surface area contributed by atoms with E-state index in [1.165, 1.54) is 5.56 Å². The lowest BCUT2D eigenvalue weighted by molar-refractivity contribution is -0.158. The molecule has 0 heterocycles. The van der Waals surface area contributed by atoms with Crippen molar-refractivity contribution in [2.24, 2.45) is 5.73 Å². The van der Waals surface area contributed by atoms with E-state index < -0.39 is 29.6 Å². The van der Waals surface area contributed by atoms with Gasteiger partial charge in [-0.05, 0) is 45.6 Å². The second kappa shape index (κ2) is 10.4. The van der Waals surface area contributed by atoms with Gasteiger partial charge in [0, 0.05) is 0 Å². The standard InChI is InChI=1S/C19H28N2O5/c1-19(2,3)26-17(23)15(13-16(20)22)21-18(24)25-12-8-7-11-14-9-5-4-6-10-14/h4-6,9-10,15H,7-8,11-13H2,1-3H3,(H2,20,22)(H,21,24). The second-order valence-corrected chi connectivity index (χ2v) is 6.98. The summed E-state index contributed by atoms with van der Waals surface area (Å²) in [6.07, 6.45) is 1.33. The Labute approximate surface area is 154 Å². The molecule has 0 aromatic heterocycles. The molecule has 0 fully saturated rings. The molecular formula is C19H28N2O5. The number of aryl methyl sites for hydroxylation is 1. The number of hydrogen-bond donors (Lipinski definition) is 2. The number of carbonyl (C=O) groups is 3. The van der Waals surface area contributed by atoms with Crippen LogP contribution in [-0.4, -0.2) is 36.2 Å². The number of nitrogens with two attached hydrogens (primary N) is 1. The number of rotatable bonds is 9. The van der Waals surface area contributed by atoms with E-state index in [0.29, 0.717) is 6.42 Å². The van der Waals surface area contributed by atoms with Crippen molar-refractivity contribution in [3.63, 3.8) is 0 Å². The topological polar surface area (TPSA) is 108 Å². The van der Waals surface area contributed by atoms with Crippen LogP contribution in [0.5, 0.6) is 0 Å². The third-order valence-corrected chi connectivity index (χ3v) is 3.32. The van der Waals surface area contributed by atoms with Crippen molar-refractivity contribution >= 4 is 18.0 Å². The number of unbranched alkanes of at least 4 members (excludes halogenated alkanes) is 1. The molecule has 0 spiro atoms. The summed E-state index contributed by atoms with van der Waals surface area (Å²) < 4.78 is 10.2. The van der Waals surface area contributed by atoms with Crippen LogP contribution in [0.3, 0.4) is 0 Å². The van der Waals surface area contributed by atoms with Crippen LogP contribution in [0.4, 0.5) is 4.79 Å². The molecule has 1 unspecified atom stereocenters. The highest BCUT2D eigenvalue weighted by Crippen LogP contribution is 2.10. The Hall–Kier alpha value is -2.57. The van der Waals surface area contributed by atoms with Crippen molar-refractivity contribution < 1.29 is 23.9 Å². The van der Waals surface area contributed by atoms with Crippen LogP contribution >= 0.6 is 0 Å². The van der Waals surface area contributed by atoms with E-state index >= 15 is 0 Å². The summed E-state index contributed by atoms with van der Waals surface area (Å²) in [7, 11) is 0. The normalized spacial score (nSPS) is 12.1. The molecule has 144 valence electrons. The Morgan fingerprint density at radius 2 is 1.77 bits per heavy atom. The number of primary amides is 1. The molecule has 1 aromatic rings. The molecule has 1 rings (SSSR count). The zero-order chi connectivity index (χ0) is 19.6. The summed E-state index contributed by atoms with van der Waals surface area (Å²) in [5, 5.41) is 2.34. The highest BCUT2D eigenvalue weighted by Gasteiger charge is 2.28. The van der Waals surface area contributed by atoms with E-state index in [1.54, 1.807) is 20.8 Å². The lowest BCUT2D eigenvalue weighted by atomic mass is 10.1. The maximum atomic E-state index is 12.1. The minimum atomic E-state index is -1.16. The van der Waals surface area contributed by atoms with Crippen molar-refractivity contribution in [2.75, 3.05) is 6.61 Å². The smallest absolute Gasteiger partial charge is 0.407 e. The summed E-state index contributed by atoms with van der Waals surface area (Å²) >= 11 is 0. The molecule has 7 heteroatoms. The van der Waals surface area contributed by atoms with E-state index in [2.05, 4.69) is 5.32 Å². The Morgan fingerprint density at radius 1 is 1.12 bits per heavy atom. The van der Waals surface area contributed by atoms with Gasteiger partial charge in [-0.3, -0.25) is 4.79 Å². The fourth-order valence-corrected chi connectivity index (χ4v) is 2.19. The first-order chi connectivity index (χ1) is 12.2. The monoisotopic (exact) mass is 364 g/mol. The first-order valence-electron chi connectivity index (χ1n) is 8.66. The molecular weight excluding hydrogens is 336 g/mol. The maximum absolute atomic E-state index is 12.1. The summed E-state index contributed by atoms with van der Waals surface area (Å²) in [6, 6.07) is 8.85. The molecule has 0 bridgehead atoms. The van der Waals surface area contributed by atoms with Gasteiger partial charge in [-0.1, -0.05) is 30.3 Å². The van der Waals surface area contributed by atoms with Crippen molar-refractivity contribution in [1.82, 2.24) is 5.32 Å². The van der Waals surface area contributed by atoms with Gasteiger partial charge in [-0.15, -0.1) is 0 Å². The van der Waals surface area contributed by atoms with Gasteiger partial charge in [-0.2, -0.15) is 0 Å². The average molecular weight is 364 g/mol. The van der Waals surface area contributed by atoms with Gasteiger partial charge < -0.3 is 20.5 Å². The molecule has 0 saturated carbocycles. The highest BCUT2D eigenvalue weighted by atomic mass is 16.6. The molecule has 3 N–H and O–H groups in total. The molecule has 0 aliphatic rings. The van der Waals surface area contributed by atoms with Gasteiger partial charge in [0.05, 0.1) is 13.0 Å². The maximum Gasteiger partial charge on any atom is 0.407 e. The van der Waals surface area contributed by atoms with E-state index in [4.69, 9.17) is 15.2 Å². The fraction of sp³-hybridized carbons (Fsp3) is 0.526. The van der Waals surface area contributed by atoms with Crippen LogP contribution in [0.25, 0.3) is 0 Å². The first kappa shape index (κ1) is 21.5. The SMILES string of the molecule is CC(C)(C)OC(=O)C(CC(N)=O)NC(=O)OCCCCc1ccccc1. The predicted molar refractivity (Wildman–Crippen MR) is 97.3 cm³/mol. The number of alkyl carbamates (subject to hydrolysis) is 1. The zero-order valence-electron chi connectivity index (χ0n) is 15.6. The van der Waals surface area contributed by atoms with E-state index in [0.717, 1.165) is 12.8 Å². The van der Waals surface area contributed by atoms with Gasteiger partial charge in [0.1, 0.15) is 11.6 Å². The van der Waals surface area contributed by atoms with Crippen molar-refractivity contribution in [3.05, 3.63) is 35.9 Å². The van der Waals surface area contributed by atoms with E-state index in [9.17, 15) is 14.4 Å². The van der Waals surface area contributed by atoms with Gasteiger partial charge in [-0.25, -0.2) is 9.59 Å². The Balaban J connectivity index is 2.36. The lowest BCUT2D eigenvalue weighted by Gasteiger charge is -2.23. The molecule has 2 amide bonds. The van der Waals surface area contributed by atoms with Gasteiger partial charge >= 0.3 is 12.1 Å². The first-order valence-corrected chi connectivity index (χ1v) is 8.66. The molecule has 1 aromatic carbocycles. The number of amides is 2. The molecule has 0 aliphatic heterocycles. The van der Waals surface area contributed by atoms with E-state index in [-0.39, 0.29) is 13.0 Å². The number of ether oxygens (including phenoxy) is 2. The molecule has 0 aliphatic carbocycles. The van der Waals surface area contributed by atoms with Crippen molar-refractivity contribution in [1.29, 1.82) is 0 Å². The molecule has 1 atom stereocenters. The van der Waals surface area contributed by atoms with Crippen LogP contribution < -0.4 is 11.1 Å². The number of carbonyl (C=O) groups excluding carboxylic acids is 3. The summed E-state index contributed by atoms with van der Waals surface area (Å²) in [5.74, 6) is -1.44. The van der Waals surface area contributed by atoms with Crippen LogP contribution in [0.2, 0.25) is 0 Å². The van der Waals surface area contributed by atoms with Crippen molar-refractivity contribution in [3.8, 4) is 0 Å². The van der Waals surface area contributed by atoms with Crippen LogP contribution in [0.15, 0.2) is 30.3 Å². The number of esters is 1. The lowest BCUT2D eigenvalue weighted by Crippen LogP contribution is -2.46. The van der Waals surface area contributed by atoms with Crippen LogP contribution in [-0.2, 0) is 25.5 Å². The van der Waals surface area contributed by atoms with Crippen LogP contribution in [0, 0.1) is 0 Å². The summed E-state index contributed by atoms with van der Waals surface area (Å²) in [5.41, 5.74) is 5.61. The van der Waals surface area contributed by atoms with Crippen molar-refractivity contribution in [2.45, 2.75) is 58.1 Å². The summed E-state index contributed by atoms with van der Waals surface area (Å²) in [6.45, 7) is 5.29. The van der Waals surface area contributed by atoms with E-state index in [1.807, 2.05) is 30.3 Å². The van der Waals surface area contributed by atoms with Gasteiger partial charge in [0.2, 0.25) is 5.91 Å². The molecule has 7 nitrogen and oxygen atoms in total. The Bertz CT molecular complexity index is 596. The third kappa shape index (κ3) is 9.66. The predicted octanol–water partition coefficient (Wildman–Crippen LogP) is 2.32. The quantitative estimate of drug-likeness (QED) is 0.516. The number of hydrogen-bond acceptors (Lipinski definition) is 5. The highest BCUT2D eigenvalue weighted by molar-refractivity contribution is 5.87. The number of benzene rings is 1. The zero-order valence-corrected chi connectivity index (χ0v) is 15.6. The molecule has 0 saturated heterocycles. The number of nitrogens with one attached hydrogen (secondary N) is 1. The average Bonchev–Trinajstić information content (AvgIpc) is 2.53. The van der Waals surface area contributed by atoms with Crippen LogP contribution in [0.1, 0.15) is 45.6 Å². The van der Waals surface area contributed by atoms with Gasteiger partial charge in [0.15, 0.2) is 0 Å². The second-order valence-electron chi connectivity index (χ2n) is 6.98. The molecule has 0 radical (unpaired) electrons. The minimum Gasteiger partial charge on any atom is -0.458 e. The third-order valence-electron chi connectivity index (χ3n) is 3.32. The van der Waals surface area contributed by atoms with Gasteiger partial charge in [0.25, 0.3) is 0 Å². The molecule has 26 heavy (non-hydrogen) atoms. The fourth-order valence-electron chi connectivity index (χ4n) is 2.19. The Kier molecular flexibility index (Phi) is 8.61. The largest absolute Gasteiger partial charge is 0.458 e.